The molecule has 0 saturated heterocycles. The van der Waals surface area contributed by atoms with E-state index in [9.17, 15) is 4.79 Å². The summed E-state index contributed by atoms with van der Waals surface area (Å²) in [6, 6.07) is 7.31. The molecule has 0 aliphatic heterocycles. The third kappa shape index (κ3) is 2.89. The van der Waals surface area contributed by atoms with Gasteiger partial charge in [-0.05, 0) is 31.2 Å². The molecule has 6 heteroatoms. The number of carbonyl (C=O) groups excluding carboxylic acids is 1. The third-order valence-corrected chi connectivity index (χ3v) is 2.84. The molecule has 2 rings (SSSR count). The van der Waals surface area contributed by atoms with E-state index in [4.69, 9.17) is 0 Å². The quantitative estimate of drug-likeness (QED) is 0.813. The van der Waals surface area contributed by atoms with E-state index >= 15 is 0 Å². The molecule has 0 aliphatic carbocycles. The molecule has 0 aliphatic rings. The van der Waals surface area contributed by atoms with Crippen molar-refractivity contribution in [2.45, 2.75) is 6.92 Å². The summed E-state index contributed by atoms with van der Waals surface area (Å²) in [7, 11) is 0. The van der Waals surface area contributed by atoms with Crippen molar-refractivity contribution in [1.29, 1.82) is 0 Å². The van der Waals surface area contributed by atoms with Gasteiger partial charge in [-0.3, -0.25) is 9.89 Å². The van der Waals surface area contributed by atoms with Gasteiger partial charge in [0.2, 0.25) is 0 Å². The second-order valence-electron chi connectivity index (χ2n) is 3.64. The van der Waals surface area contributed by atoms with Gasteiger partial charge in [0, 0.05) is 17.2 Å². The second kappa shape index (κ2) is 5.68. The number of hydrogen-bond donors (Lipinski definition) is 3. The van der Waals surface area contributed by atoms with Crippen molar-refractivity contribution in [3.63, 3.8) is 0 Å². The highest BCUT2D eigenvalue weighted by Gasteiger charge is 2.10. The van der Waals surface area contributed by atoms with Crippen LogP contribution in [-0.2, 0) is 0 Å². The minimum atomic E-state index is -0.218. The Morgan fingerprint density at radius 1 is 1.39 bits per heavy atom. The summed E-state index contributed by atoms with van der Waals surface area (Å²) in [6.45, 7) is 2.79. The number of aromatic nitrogens is 2. The Morgan fingerprint density at radius 2 is 2.22 bits per heavy atom. The summed E-state index contributed by atoms with van der Waals surface area (Å²) in [5.74, 6) is -0.218. The van der Waals surface area contributed by atoms with Gasteiger partial charge in [-0.15, -0.1) is 0 Å². The fourth-order valence-electron chi connectivity index (χ4n) is 1.54. The van der Waals surface area contributed by atoms with Crippen molar-refractivity contribution in [3.8, 4) is 0 Å². The van der Waals surface area contributed by atoms with Crippen LogP contribution >= 0.6 is 15.9 Å². The van der Waals surface area contributed by atoms with Gasteiger partial charge in [-0.25, -0.2) is 0 Å². The number of H-pyrrole nitrogens is 1. The lowest BCUT2D eigenvalue weighted by Crippen LogP contribution is -2.14. The van der Waals surface area contributed by atoms with E-state index in [1.807, 2.05) is 25.1 Å². The molecular formula is C12H13BrN4O. The average molecular weight is 309 g/mol. The number of aromatic amines is 1. The van der Waals surface area contributed by atoms with Crippen molar-refractivity contribution >= 4 is 33.2 Å². The summed E-state index contributed by atoms with van der Waals surface area (Å²) in [5, 5.41) is 12.4. The highest BCUT2D eigenvalue weighted by atomic mass is 79.9. The maximum Gasteiger partial charge on any atom is 0.273 e. The van der Waals surface area contributed by atoms with Crippen LogP contribution < -0.4 is 10.6 Å². The Kier molecular flexibility index (Phi) is 3.99. The monoisotopic (exact) mass is 308 g/mol. The number of rotatable bonds is 4. The van der Waals surface area contributed by atoms with Gasteiger partial charge in [0.15, 0.2) is 0 Å². The number of anilines is 2. The zero-order chi connectivity index (χ0) is 13.0. The van der Waals surface area contributed by atoms with E-state index < -0.39 is 0 Å². The van der Waals surface area contributed by atoms with Crippen LogP contribution in [0, 0.1) is 0 Å². The molecule has 3 N–H and O–H groups in total. The molecule has 1 aromatic carbocycles. The fourth-order valence-corrected chi connectivity index (χ4v) is 1.90. The van der Waals surface area contributed by atoms with E-state index in [0.29, 0.717) is 5.69 Å². The summed E-state index contributed by atoms with van der Waals surface area (Å²) in [5.41, 5.74) is 2.04. The first-order valence-electron chi connectivity index (χ1n) is 5.55. The molecule has 94 valence electrons. The molecule has 1 aromatic heterocycles. The van der Waals surface area contributed by atoms with Crippen LogP contribution in [0.5, 0.6) is 0 Å². The van der Waals surface area contributed by atoms with E-state index in [2.05, 4.69) is 36.8 Å². The highest BCUT2D eigenvalue weighted by Crippen LogP contribution is 2.26. The molecule has 0 atom stereocenters. The normalized spacial score (nSPS) is 10.1. The highest BCUT2D eigenvalue weighted by molar-refractivity contribution is 9.10. The van der Waals surface area contributed by atoms with Crippen LogP contribution in [0.25, 0.3) is 0 Å². The molecule has 0 fully saturated rings. The molecule has 2 aromatic rings. The SMILES string of the molecule is CCNc1ccc(Br)cc1NC(=O)c1ccn[nH]1. The molecule has 0 saturated carbocycles. The molecule has 18 heavy (non-hydrogen) atoms. The Balaban J connectivity index is 2.22. The molecular weight excluding hydrogens is 296 g/mol. The van der Waals surface area contributed by atoms with Gasteiger partial charge in [0.05, 0.1) is 11.4 Å². The van der Waals surface area contributed by atoms with E-state index in [1.165, 1.54) is 0 Å². The largest absolute Gasteiger partial charge is 0.384 e. The van der Waals surface area contributed by atoms with E-state index in [0.717, 1.165) is 22.4 Å². The minimum Gasteiger partial charge on any atom is -0.384 e. The van der Waals surface area contributed by atoms with Crippen molar-refractivity contribution in [3.05, 3.63) is 40.6 Å². The van der Waals surface area contributed by atoms with Crippen LogP contribution in [0.15, 0.2) is 34.9 Å². The number of hydrogen-bond acceptors (Lipinski definition) is 3. The summed E-state index contributed by atoms with van der Waals surface area (Å²) >= 11 is 3.39. The molecule has 1 amide bonds. The van der Waals surface area contributed by atoms with Crippen molar-refractivity contribution in [2.24, 2.45) is 0 Å². The van der Waals surface area contributed by atoms with Crippen LogP contribution in [0.1, 0.15) is 17.4 Å². The van der Waals surface area contributed by atoms with Crippen molar-refractivity contribution in [2.75, 3.05) is 17.2 Å². The topological polar surface area (TPSA) is 69.8 Å². The smallest absolute Gasteiger partial charge is 0.273 e. The first kappa shape index (κ1) is 12.6. The molecule has 0 spiro atoms. The van der Waals surface area contributed by atoms with Gasteiger partial charge in [0.25, 0.3) is 5.91 Å². The Morgan fingerprint density at radius 3 is 2.89 bits per heavy atom. The Bertz CT molecular complexity index is 539. The molecule has 0 radical (unpaired) electrons. The van der Waals surface area contributed by atoms with Gasteiger partial charge in [-0.1, -0.05) is 15.9 Å². The van der Waals surface area contributed by atoms with Crippen LogP contribution in [0.2, 0.25) is 0 Å². The number of nitrogens with one attached hydrogen (secondary N) is 3. The second-order valence-corrected chi connectivity index (χ2v) is 4.56. The van der Waals surface area contributed by atoms with Crippen molar-refractivity contribution in [1.82, 2.24) is 10.2 Å². The fraction of sp³-hybridized carbons (Fsp3) is 0.167. The van der Waals surface area contributed by atoms with Crippen LogP contribution in [0.3, 0.4) is 0 Å². The first-order chi connectivity index (χ1) is 8.70. The summed E-state index contributed by atoms with van der Waals surface area (Å²) < 4.78 is 0.907. The van der Waals surface area contributed by atoms with Gasteiger partial charge in [0.1, 0.15) is 5.69 Å². The number of carbonyl (C=O) groups is 1. The zero-order valence-electron chi connectivity index (χ0n) is 9.83. The number of halogens is 1. The number of benzene rings is 1. The van der Waals surface area contributed by atoms with Crippen LogP contribution in [0.4, 0.5) is 11.4 Å². The third-order valence-electron chi connectivity index (χ3n) is 2.34. The van der Waals surface area contributed by atoms with Crippen molar-refractivity contribution < 1.29 is 4.79 Å². The molecule has 1 heterocycles. The number of amides is 1. The van der Waals surface area contributed by atoms with Gasteiger partial charge < -0.3 is 10.6 Å². The zero-order valence-corrected chi connectivity index (χ0v) is 11.4. The van der Waals surface area contributed by atoms with E-state index in [-0.39, 0.29) is 5.91 Å². The molecule has 5 nitrogen and oxygen atoms in total. The van der Waals surface area contributed by atoms with Gasteiger partial charge >= 0.3 is 0 Å². The lowest BCUT2D eigenvalue weighted by atomic mass is 10.2. The Hall–Kier alpha value is -1.82. The maximum absolute atomic E-state index is 11.9. The minimum absolute atomic E-state index is 0.218. The molecule has 0 bridgehead atoms. The Labute approximate surface area is 113 Å². The predicted molar refractivity (Wildman–Crippen MR) is 74.8 cm³/mol. The standard InChI is InChI=1S/C12H13BrN4O/c1-2-14-9-4-3-8(13)7-11(9)16-12(18)10-5-6-15-17-10/h3-7,14H,2H2,1H3,(H,15,17)(H,16,18). The summed E-state index contributed by atoms with van der Waals surface area (Å²) in [4.78, 5) is 11.9. The first-order valence-corrected chi connectivity index (χ1v) is 6.34. The average Bonchev–Trinajstić information content (AvgIpc) is 2.86. The molecule has 0 unspecified atom stereocenters. The lowest BCUT2D eigenvalue weighted by Gasteiger charge is -2.12. The van der Waals surface area contributed by atoms with Gasteiger partial charge in [-0.2, -0.15) is 5.10 Å². The van der Waals surface area contributed by atoms with Crippen LogP contribution in [-0.4, -0.2) is 22.6 Å². The lowest BCUT2D eigenvalue weighted by molar-refractivity contribution is 0.102. The summed E-state index contributed by atoms with van der Waals surface area (Å²) in [6.07, 6.45) is 1.54. The van der Waals surface area contributed by atoms with E-state index in [1.54, 1.807) is 12.3 Å². The predicted octanol–water partition coefficient (Wildman–Crippen LogP) is 2.86. The number of nitrogens with zero attached hydrogens (tertiary/aromatic N) is 1. The maximum atomic E-state index is 11.9.